The fourth-order valence-corrected chi connectivity index (χ4v) is 3.76. The zero-order valence-corrected chi connectivity index (χ0v) is 19.0. The monoisotopic (exact) mass is 563 g/mol. The molecule has 1 saturated heterocycles. The summed E-state index contributed by atoms with van der Waals surface area (Å²) in [5.74, 6) is -6.53. The second-order valence-corrected chi connectivity index (χ2v) is 8.32. The van der Waals surface area contributed by atoms with E-state index in [0.29, 0.717) is 23.0 Å². The van der Waals surface area contributed by atoms with Crippen LogP contribution in [0.25, 0.3) is 16.9 Å². The van der Waals surface area contributed by atoms with Gasteiger partial charge >= 0.3 is 12.4 Å². The molecular formula is C22H13F8N5O4. The number of fused-ring (bicyclic) bond motifs is 1. The third kappa shape index (κ3) is 5.70. The number of hydrogen-bond acceptors (Lipinski definition) is 6. The van der Waals surface area contributed by atoms with E-state index in [4.69, 9.17) is 0 Å². The fraction of sp³-hybridized carbons (Fsp3) is 0.273. The van der Waals surface area contributed by atoms with Crippen LogP contribution in [0.15, 0.2) is 35.4 Å². The van der Waals surface area contributed by atoms with Crippen molar-refractivity contribution in [3.05, 3.63) is 58.0 Å². The molecule has 1 fully saturated rings. The average Bonchev–Trinajstić information content (AvgIpc) is 3.15. The molecule has 1 unspecified atom stereocenters. The number of Topliss-reactive ketones (excluding diaryl/α,β-unsaturated/α-hetero) is 1. The van der Waals surface area contributed by atoms with Crippen LogP contribution in [-0.4, -0.2) is 57.1 Å². The highest BCUT2D eigenvalue weighted by atomic mass is 19.4. The van der Waals surface area contributed by atoms with Gasteiger partial charge in [0.15, 0.2) is 23.1 Å². The number of halogens is 8. The van der Waals surface area contributed by atoms with Gasteiger partial charge in [0.1, 0.15) is 23.2 Å². The van der Waals surface area contributed by atoms with Gasteiger partial charge in [-0.15, -0.1) is 0 Å². The third-order valence-electron chi connectivity index (χ3n) is 5.49. The number of rotatable bonds is 5. The smallest absolute Gasteiger partial charge is 0.340 e. The van der Waals surface area contributed by atoms with E-state index in [-0.39, 0.29) is 12.4 Å². The predicted octanol–water partition coefficient (Wildman–Crippen LogP) is 2.98. The van der Waals surface area contributed by atoms with Crippen molar-refractivity contribution in [3.8, 4) is 5.82 Å². The highest BCUT2D eigenvalue weighted by molar-refractivity contribution is 6.14. The second kappa shape index (κ2) is 9.70. The Balaban J connectivity index is 1.90. The van der Waals surface area contributed by atoms with Crippen LogP contribution in [0, 0.1) is 11.6 Å². The molecule has 206 valence electrons. The molecule has 0 bridgehead atoms. The normalized spacial score (nSPS) is 15.2. The van der Waals surface area contributed by atoms with Crippen molar-refractivity contribution in [2.75, 3.05) is 11.4 Å². The Kier molecular flexibility index (Phi) is 6.86. The first-order valence-corrected chi connectivity index (χ1v) is 10.7. The van der Waals surface area contributed by atoms with Crippen LogP contribution in [0.4, 0.5) is 40.9 Å². The van der Waals surface area contributed by atoms with Crippen molar-refractivity contribution in [1.29, 1.82) is 0 Å². The molecule has 9 nitrogen and oxygen atoms in total. The quantitative estimate of drug-likeness (QED) is 0.377. The van der Waals surface area contributed by atoms with E-state index < -0.39 is 88.3 Å². The zero-order chi connectivity index (χ0) is 28.9. The summed E-state index contributed by atoms with van der Waals surface area (Å²) in [6, 6.07) is -1.06. The Hall–Kier alpha value is -4.44. The van der Waals surface area contributed by atoms with Gasteiger partial charge in [-0.05, 0) is 12.1 Å². The van der Waals surface area contributed by atoms with Gasteiger partial charge in [-0.3, -0.25) is 28.6 Å². The number of alkyl halides is 6. The van der Waals surface area contributed by atoms with E-state index in [2.05, 4.69) is 9.97 Å². The van der Waals surface area contributed by atoms with E-state index in [0.717, 1.165) is 22.3 Å². The summed E-state index contributed by atoms with van der Waals surface area (Å²) in [5.41, 5.74) is -2.97. The topological polar surface area (TPSA) is 114 Å². The van der Waals surface area contributed by atoms with E-state index in [1.54, 1.807) is 0 Å². The fourth-order valence-electron chi connectivity index (χ4n) is 3.76. The van der Waals surface area contributed by atoms with E-state index >= 15 is 0 Å². The van der Waals surface area contributed by atoms with Gasteiger partial charge in [-0.2, -0.15) is 26.3 Å². The maximum Gasteiger partial charge on any atom is 0.408 e. The molecule has 2 amide bonds. The molecule has 39 heavy (non-hydrogen) atoms. The largest absolute Gasteiger partial charge is 0.408 e. The van der Waals surface area contributed by atoms with Crippen molar-refractivity contribution in [2.24, 2.45) is 0 Å². The van der Waals surface area contributed by atoms with Crippen molar-refractivity contribution in [2.45, 2.75) is 31.2 Å². The van der Waals surface area contributed by atoms with Crippen LogP contribution < -0.4 is 15.6 Å². The molecule has 0 radical (unpaired) electrons. The minimum Gasteiger partial charge on any atom is -0.340 e. The van der Waals surface area contributed by atoms with E-state index in [1.807, 2.05) is 0 Å². The number of aromatic nitrogens is 3. The minimum absolute atomic E-state index is 0.200. The lowest BCUT2D eigenvalue weighted by Gasteiger charge is -2.23. The summed E-state index contributed by atoms with van der Waals surface area (Å²) in [6.07, 6.45) is -12.8. The van der Waals surface area contributed by atoms with Crippen LogP contribution in [0.3, 0.4) is 0 Å². The van der Waals surface area contributed by atoms with Crippen LogP contribution in [-0.2, 0) is 9.59 Å². The summed E-state index contributed by atoms with van der Waals surface area (Å²) in [4.78, 5) is 57.9. The molecule has 1 atom stereocenters. The Bertz CT molecular complexity index is 1570. The number of nitrogens with one attached hydrogen (secondary N) is 1. The lowest BCUT2D eigenvalue weighted by Crippen LogP contribution is -2.48. The molecule has 17 heteroatoms. The molecule has 4 heterocycles. The Morgan fingerprint density at radius 2 is 1.77 bits per heavy atom. The zero-order valence-electron chi connectivity index (χ0n) is 19.0. The molecule has 1 aliphatic rings. The van der Waals surface area contributed by atoms with Gasteiger partial charge < -0.3 is 5.32 Å². The second-order valence-electron chi connectivity index (χ2n) is 8.32. The summed E-state index contributed by atoms with van der Waals surface area (Å²) in [6.45, 7) is -0.386. The van der Waals surface area contributed by atoms with Crippen molar-refractivity contribution in [1.82, 2.24) is 19.9 Å². The van der Waals surface area contributed by atoms with Gasteiger partial charge in [0, 0.05) is 12.3 Å². The highest BCUT2D eigenvalue weighted by Crippen LogP contribution is 2.31. The average molecular weight is 563 g/mol. The number of hydrogen-bond donors (Lipinski definition) is 1. The maximum absolute atomic E-state index is 14.7. The first-order chi connectivity index (χ1) is 18.0. The summed E-state index contributed by atoms with van der Waals surface area (Å²) in [7, 11) is 0. The molecule has 0 spiro atoms. The summed E-state index contributed by atoms with van der Waals surface area (Å²) in [5, 5.41) is 0.575. The number of nitrogens with zero attached hydrogens (tertiary/aromatic N) is 4. The molecule has 0 saturated carbocycles. The number of carbonyl (C=O) groups excluding carboxylic acids is 3. The molecule has 4 rings (SSSR count). The molecule has 0 aromatic carbocycles. The maximum atomic E-state index is 14.7. The van der Waals surface area contributed by atoms with Crippen molar-refractivity contribution in [3.63, 3.8) is 0 Å². The molecule has 1 aliphatic heterocycles. The van der Waals surface area contributed by atoms with Crippen LogP contribution in [0.5, 0.6) is 0 Å². The van der Waals surface area contributed by atoms with Gasteiger partial charge in [0.2, 0.25) is 11.3 Å². The van der Waals surface area contributed by atoms with Gasteiger partial charge in [0.05, 0.1) is 31.0 Å². The number of anilines is 1. The predicted molar refractivity (Wildman–Crippen MR) is 115 cm³/mol. The molecule has 1 N–H and O–H groups in total. The Morgan fingerprint density at radius 3 is 2.33 bits per heavy atom. The molecule has 3 aromatic rings. The van der Waals surface area contributed by atoms with E-state index in [9.17, 15) is 54.3 Å². The van der Waals surface area contributed by atoms with Gasteiger partial charge in [0.25, 0.3) is 5.91 Å². The summed E-state index contributed by atoms with van der Waals surface area (Å²) >= 11 is 0. The highest BCUT2D eigenvalue weighted by Gasteiger charge is 2.47. The van der Waals surface area contributed by atoms with Crippen LogP contribution >= 0.6 is 0 Å². The molecule has 0 aliphatic carbocycles. The minimum atomic E-state index is -5.55. The lowest BCUT2D eigenvalue weighted by molar-refractivity contribution is -0.199. The first kappa shape index (κ1) is 27.6. The molecule has 3 aromatic heterocycles. The Morgan fingerprint density at radius 1 is 1.08 bits per heavy atom. The molecular weight excluding hydrogens is 550 g/mol. The SMILES string of the molecule is O=C1CC(=O)N(c2ccc3c(=O)c(C(=O)NC(CC(F)(F)F)C(F)(F)F)cn(-c4ncc(F)cc4F)c3n2)C1. The van der Waals surface area contributed by atoms with Gasteiger partial charge in [-0.25, -0.2) is 18.7 Å². The van der Waals surface area contributed by atoms with Crippen molar-refractivity contribution >= 4 is 34.4 Å². The van der Waals surface area contributed by atoms with Gasteiger partial charge in [-0.1, -0.05) is 0 Å². The standard InChI is InChI=1S/C22H13F8N5O4/c23-9-3-13(24)19(31-6-9)35-8-12(20(39)32-14(22(28,29)30)5-21(25,26)27)17(38)11-1-2-15(33-18(11)35)34-7-10(36)4-16(34)37/h1-3,6,8,14H,4-5,7H2,(H,32,39). The van der Waals surface area contributed by atoms with E-state index in [1.165, 1.54) is 0 Å². The Labute approximate surface area is 211 Å². The third-order valence-corrected chi connectivity index (χ3v) is 5.49. The van der Waals surface area contributed by atoms with Crippen LogP contribution in [0.2, 0.25) is 0 Å². The number of ketones is 1. The number of pyridine rings is 3. The van der Waals surface area contributed by atoms with Crippen molar-refractivity contribution < 1.29 is 49.5 Å². The van der Waals surface area contributed by atoms with Crippen LogP contribution in [0.1, 0.15) is 23.2 Å². The number of carbonyl (C=O) groups is 3. The summed E-state index contributed by atoms with van der Waals surface area (Å²) < 4.78 is 106. The lowest BCUT2D eigenvalue weighted by atomic mass is 10.1. The first-order valence-electron chi connectivity index (χ1n) is 10.7. The number of amides is 2.